The zero-order chi connectivity index (χ0) is 10.1. The second-order valence-electron chi connectivity index (χ2n) is 3.12. The highest BCUT2D eigenvalue weighted by Gasteiger charge is 2.24. The lowest BCUT2D eigenvalue weighted by Crippen LogP contribution is -2.10. The summed E-state index contributed by atoms with van der Waals surface area (Å²) in [6.45, 7) is 0.428. The molecular weight excluding hydrogens is 180 g/mol. The predicted octanol–water partition coefficient (Wildman–Crippen LogP) is 0.959. The van der Waals surface area contributed by atoms with Crippen LogP contribution >= 0.6 is 0 Å². The molecule has 0 aromatic heterocycles. The molecule has 1 aliphatic rings. The molecule has 0 bridgehead atoms. The van der Waals surface area contributed by atoms with Crippen LogP contribution in [0.25, 0.3) is 0 Å². The van der Waals surface area contributed by atoms with Gasteiger partial charge in [0.15, 0.2) is 0 Å². The molecule has 2 rings (SSSR count). The van der Waals surface area contributed by atoms with Gasteiger partial charge in [0.25, 0.3) is 0 Å². The molecule has 1 aromatic carbocycles. The van der Waals surface area contributed by atoms with E-state index in [4.69, 9.17) is 20.5 Å². The first-order valence-electron chi connectivity index (χ1n) is 4.26. The molecule has 72 valence electrons. The van der Waals surface area contributed by atoms with Gasteiger partial charge in [-0.1, -0.05) is 0 Å². The lowest BCUT2D eigenvalue weighted by molar-refractivity contribution is 0.332. The molecule has 1 aromatic rings. The second kappa shape index (κ2) is 3.20. The van der Waals surface area contributed by atoms with E-state index in [0.717, 1.165) is 5.56 Å². The van der Waals surface area contributed by atoms with E-state index in [1.807, 2.05) is 6.07 Å². The van der Waals surface area contributed by atoms with E-state index in [-0.39, 0.29) is 6.04 Å². The number of nitrogens with two attached hydrogens (primary N) is 1. The second-order valence-corrected chi connectivity index (χ2v) is 3.12. The van der Waals surface area contributed by atoms with Crippen molar-refractivity contribution in [3.05, 3.63) is 23.3 Å². The van der Waals surface area contributed by atoms with Crippen LogP contribution in [0.5, 0.6) is 11.5 Å². The summed E-state index contributed by atoms with van der Waals surface area (Å²) in [4.78, 5) is 0. The van der Waals surface area contributed by atoms with Crippen LogP contribution in [0.4, 0.5) is 0 Å². The Morgan fingerprint density at radius 2 is 2.43 bits per heavy atom. The van der Waals surface area contributed by atoms with E-state index in [0.29, 0.717) is 23.7 Å². The van der Waals surface area contributed by atoms with Gasteiger partial charge < -0.3 is 15.2 Å². The summed E-state index contributed by atoms with van der Waals surface area (Å²) in [5.41, 5.74) is 7.13. The zero-order valence-corrected chi connectivity index (χ0v) is 7.78. The van der Waals surface area contributed by atoms with Crippen LogP contribution in [0.1, 0.15) is 17.2 Å². The number of fused-ring (bicyclic) bond motifs is 1. The van der Waals surface area contributed by atoms with E-state index in [2.05, 4.69) is 6.07 Å². The molecule has 0 radical (unpaired) electrons. The smallest absolute Gasteiger partial charge is 0.142 e. The summed E-state index contributed by atoms with van der Waals surface area (Å²) < 4.78 is 10.4. The average molecular weight is 190 g/mol. The number of ether oxygens (including phenoxy) is 2. The first kappa shape index (κ1) is 8.85. The highest BCUT2D eigenvalue weighted by Crippen LogP contribution is 2.37. The molecule has 0 fully saturated rings. The standard InChI is InChI=1S/C10H10N2O2/c1-13-7-2-6(4-11)10-8(3-7)9(12)5-14-10/h2-3,9H,5,12H2,1H3/t9-/m0/s1. The van der Waals surface area contributed by atoms with Crippen molar-refractivity contribution in [1.29, 1.82) is 5.26 Å². The number of hydrogen-bond donors (Lipinski definition) is 1. The molecule has 0 amide bonds. The van der Waals surface area contributed by atoms with Crippen LogP contribution in [0, 0.1) is 11.3 Å². The average Bonchev–Trinajstić information content (AvgIpc) is 2.59. The van der Waals surface area contributed by atoms with Crippen LogP contribution < -0.4 is 15.2 Å². The van der Waals surface area contributed by atoms with Crippen LogP contribution in [0.15, 0.2) is 12.1 Å². The van der Waals surface area contributed by atoms with Gasteiger partial charge in [-0.15, -0.1) is 0 Å². The van der Waals surface area contributed by atoms with Gasteiger partial charge >= 0.3 is 0 Å². The number of nitrogens with zero attached hydrogens (tertiary/aromatic N) is 1. The predicted molar refractivity (Wildman–Crippen MR) is 50.1 cm³/mol. The van der Waals surface area contributed by atoms with Gasteiger partial charge in [-0.2, -0.15) is 5.26 Å². The lowest BCUT2D eigenvalue weighted by atomic mass is 10.1. The Balaban J connectivity index is 2.59. The summed E-state index contributed by atoms with van der Waals surface area (Å²) in [5.74, 6) is 1.24. The maximum Gasteiger partial charge on any atom is 0.142 e. The maximum atomic E-state index is 8.88. The molecular formula is C10H10N2O2. The van der Waals surface area contributed by atoms with Gasteiger partial charge in [0, 0.05) is 11.6 Å². The minimum Gasteiger partial charge on any atom is -0.497 e. The number of benzene rings is 1. The van der Waals surface area contributed by atoms with Crippen molar-refractivity contribution in [3.8, 4) is 17.6 Å². The lowest BCUT2D eigenvalue weighted by Gasteiger charge is -2.05. The molecule has 0 unspecified atom stereocenters. The summed E-state index contributed by atoms with van der Waals surface area (Å²) in [7, 11) is 1.56. The molecule has 0 aliphatic carbocycles. The van der Waals surface area contributed by atoms with E-state index in [1.54, 1.807) is 13.2 Å². The fourth-order valence-corrected chi connectivity index (χ4v) is 1.52. The van der Waals surface area contributed by atoms with Crippen LogP contribution in [-0.4, -0.2) is 13.7 Å². The Morgan fingerprint density at radius 3 is 3.07 bits per heavy atom. The Kier molecular flexibility index (Phi) is 2.02. The molecule has 0 saturated carbocycles. The van der Waals surface area contributed by atoms with Crippen molar-refractivity contribution in [2.75, 3.05) is 13.7 Å². The van der Waals surface area contributed by atoms with Crippen molar-refractivity contribution >= 4 is 0 Å². The normalized spacial score (nSPS) is 18.2. The number of hydrogen-bond acceptors (Lipinski definition) is 4. The van der Waals surface area contributed by atoms with Crippen molar-refractivity contribution < 1.29 is 9.47 Å². The quantitative estimate of drug-likeness (QED) is 0.716. The topological polar surface area (TPSA) is 68.3 Å². The fraction of sp³-hybridized carbons (Fsp3) is 0.300. The molecule has 2 N–H and O–H groups in total. The summed E-state index contributed by atoms with van der Waals surface area (Å²) in [5, 5.41) is 8.88. The SMILES string of the molecule is COc1cc(C#N)c2c(c1)[C@@H](N)CO2. The van der Waals surface area contributed by atoms with Crippen molar-refractivity contribution in [2.24, 2.45) is 5.73 Å². The Hall–Kier alpha value is -1.73. The molecule has 1 aliphatic heterocycles. The van der Waals surface area contributed by atoms with E-state index < -0.39 is 0 Å². The Morgan fingerprint density at radius 1 is 1.64 bits per heavy atom. The third-order valence-electron chi connectivity index (χ3n) is 2.25. The third-order valence-corrected chi connectivity index (χ3v) is 2.25. The van der Waals surface area contributed by atoms with Crippen molar-refractivity contribution in [1.82, 2.24) is 0 Å². The molecule has 1 heterocycles. The number of nitriles is 1. The van der Waals surface area contributed by atoms with Crippen molar-refractivity contribution in [3.63, 3.8) is 0 Å². The molecule has 0 spiro atoms. The van der Waals surface area contributed by atoms with Crippen LogP contribution in [0.3, 0.4) is 0 Å². The molecule has 14 heavy (non-hydrogen) atoms. The van der Waals surface area contributed by atoms with Gasteiger partial charge in [0.1, 0.15) is 24.2 Å². The van der Waals surface area contributed by atoms with Gasteiger partial charge in [-0.3, -0.25) is 0 Å². The minimum absolute atomic E-state index is 0.160. The first-order valence-corrected chi connectivity index (χ1v) is 4.26. The molecule has 1 atom stereocenters. The monoisotopic (exact) mass is 190 g/mol. The maximum absolute atomic E-state index is 8.88. The fourth-order valence-electron chi connectivity index (χ4n) is 1.52. The first-order chi connectivity index (χ1) is 6.76. The van der Waals surface area contributed by atoms with Gasteiger partial charge in [0.05, 0.1) is 18.7 Å². The molecule has 4 heteroatoms. The highest BCUT2D eigenvalue weighted by molar-refractivity contribution is 5.55. The van der Waals surface area contributed by atoms with E-state index in [9.17, 15) is 0 Å². The molecule has 0 saturated heterocycles. The van der Waals surface area contributed by atoms with Crippen molar-refractivity contribution in [2.45, 2.75) is 6.04 Å². The minimum atomic E-state index is -0.160. The Bertz CT molecular complexity index is 409. The highest BCUT2D eigenvalue weighted by atomic mass is 16.5. The van der Waals surface area contributed by atoms with E-state index >= 15 is 0 Å². The van der Waals surface area contributed by atoms with Gasteiger partial charge in [-0.05, 0) is 6.07 Å². The number of rotatable bonds is 1. The largest absolute Gasteiger partial charge is 0.497 e. The van der Waals surface area contributed by atoms with E-state index in [1.165, 1.54) is 0 Å². The van der Waals surface area contributed by atoms with Gasteiger partial charge in [0.2, 0.25) is 0 Å². The summed E-state index contributed by atoms with van der Waals surface area (Å²) in [6.07, 6.45) is 0. The summed E-state index contributed by atoms with van der Waals surface area (Å²) >= 11 is 0. The van der Waals surface area contributed by atoms with Crippen LogP contribution in [0.2, 0.25) is 0 Å². The third kappa shape index (κ3) is 1.19. The zero-order valence-electron chi connectivity index (χ0n) is 7.78. The van der Waals surface area contributed by atoms with Crippen LogP contribution in [-0.2, 0) is 0 Å². The Labute approximate surface area is 81.8 Å². The summed E-state index contributed by atoms with van der Waals surface area (Å²) in [6, 6.07) is 5.37. The van der Waals surface area contributed by atoms with Gasteiger partial charge in [-0.25, -0.2) is 0 Å². The molecule has 4 nitrogen and oxygen atoms in total. The number of methoxy groups -OCH3 is 1.